The molecule has 1 amide bonds. The van der Waals surface area contributed by atoms with Gasteiger partial charge in [0, 0.05) is 16.0 Å². The molecule has 0 aromatic heterocycles. The van der Waals surface area contributed by atoms with Crippen molar-refractivity contribution in [3.8, 4) is 0 Å². The maximum Gasteiger partial charge on any atom is 0.416 e. The normalized spacial score (nSPS) is 23.1. The van der Waals surface area contributed by atoms with Crippen LogP contribution < -0.4 is 4.90 Å². The molecule has 2 aromatic rings. The molecular weight excluding hydrogens is 542 g/mol. The summed E-state index contributed by atoms with van der Waals surface area (Å²) in [5, 5.41) is -0.420. The monoisotopic (exact) mass is 556 g/mol. The first-order chi connectivity index (χ1) is 16.1. The predicted molar refractivity (Wildman–Crippen MR) is 120 cm³/mol. The molecule has 5 nitrogen and oxygen atoms in total. The Kier molecular flexibility index (Phi) is 6.64. The number of carbonyl (C=O) groups excluding carboxylic acids is 1. The minimum atomic E-state index is -5.09. The van der Waals surface area contributed by atoms with E-state index in [-0.39, 0.29) is 23.4 Å². The van der Waals surface area contributed by atoms with Gasteiger partial charge in [0.05, 0.1) is 35.1 Å². The number of anilines is 1. The molecule has 2 atom stereocenters. The number of amides is 1. The molecule has 2 saturated heterocycles. The Morgan fingerprint density at radius 2 is 1.57 bits per heavy atom. The number of rotatable bonds is 3. The Hall–Kier alpha value is -2.25. The maximum atomic E-state index is 13.4. The fourth-order valence-corrected chi connectivity index (χ4v) is 7.92. The van der Waals surface area contributed by atoms with Gasteiger partial charge in [0.25, 0.3) is 5.91 Å². The van der Waals surface area contributed by atoms with Crippen LogP contribution in [0.2, 0.25) is 5.02 Å². The van der Waals surface area contributed by atoms with Crippen molar-refractivity contribution in [1.29, 1.82) is 0 Å². The average molecular weight is 557 g/mol. The molecule has 2 heterocycles. The highest BCUT2D eigenvalue weighted by Gasteiger charge is 2.50. The number of nitrogens with zero attached hydrogens (tertiary/aromatic N) is 2. The summed E-state index contributed by atoms with van der Waals surface area (Å²) < 4.78 is 105. The van der Waals surface area contributed by atoms with E-state index in [0.29, 0.717) is 22.7 Å². The summed E-state index contributed by atoms with van der Waals surface area (Å²) in [7, 11) is -3.59. The van der Waals surface area contributed by atoms with Gasteiger partial charge in [0.1, 0.15) is 0 Å². The Morgan fingerprint density at radius 3 is 2.11 bits per heavy atom. The number of thioether (sulfide) groups is 1. The van der Waals surface area contributed by atoms with Crippen LogP contribution in [0.1, 0.15) is 16.7 Å². The Morgan fingerprint density at radius 1 is 1.00 bits per heavy atom. The summed E-state index contributed by atoms with van der Waals surface area (Å²) in [6, 6.07) is 6.25. The van der Waals surface area contributed by atoms with E-state index in [1.165, 1.54) is 0 Å². The van der Waals surface area contributed by atoms with Crippen molar-refractivity contribution in [2.24, 2.45) is 4.99 Å². The highest BCUT2D eigenvalue weighted by Crippen LogP contribution is 2.44. The van der Waals surface area contributed by atoms with Gasteiger partial charge in [-0.2, -0.15) is 31.3 Å². The number of hydrogen-bond donors (Lipinski definition) is 0. The number of halogens is 7. The lowest BCUT2D eigenvalue weighted by molar-refractivity contribution is -0.143. The molecule has 188 valence electrons. The highest BCUT2D eigenvalue weighted by atomic mass is 35.5. The highest BCUT2D eigenvalue weighted by molar-refractivity contribution is 8.16. The second-order valence-corrected chi connectivity index (χ2v) is 11.8. The maximum absolute atomic E-state index is 13.4. The molecule has 0 N–H and O–H groups in total. The van der Waals surface area contributed by atoms with Gasteiger partial charge in [0.2, 0.25) is 0 Å². The van der Waals surface area contributed by atoms with Gasteiger partial charge in [-0.3, -0.25) is 4.79 Å². The largest absolute Gasteiger partial charge is 0.416 e. The zero-order valence-corrected chi connectivity index (χ0v) is 19.8. The van der Waals surface area contributed by atoms with E-state index < -0.39 is 62.0 Å². The third kappa shape index (κ3) is 5.78. The number of benzene rings is 2. The Bertz CT molecular complexity index is 1260. The minimum absolute atomic E-state index is 0.0158. The van der Waals surface area contributed by atoms with Crippen molar-refractivity contribution in [1.82, 2.24) is 0 Å². The first-order valence-corrected chi connectivity index (χ1v) is 13.0. The molecule has 14 heteroatoms. The lowest BCUT2D eigenvalue weighted by atomic mass is 10.1. The van der Waals surface area contributed by atoms with E-state index in [2.05, 4.69) is 4.99 Å². The van der Waals surface area contributed by atoms with Crippen LogP contribution in [0.25, 0.3) is 0 Å². The van der Waals surface area contributed by atoms with Gasteiger partial charge in [-0.1, -0.05) is 35.5 Å². The molecule has 2 fully saturated rings. The summed E-state index contributed by atoms with van der Waals surface area (Å²) >= 11 is 6.65. The van der Waals surface area contributed by atoms with E-state index >= 15 is 0 Å². The Labute approximate surface area is 205 Å². The van der Waals surface area contributed by atoms with Crippen LogP contribution in [0.5, 0.6) is 0 Å². The first-order valence-electron chi connectivity index (χ1n) is 9.94. The van der Waals surface area contributed by atoms with Gasteiger partial charge in [-0.05, 0) is 35.9 Å². The second-order valence-electron chi connectivity index (χ2n) is 8.03. The Balaban J connectivity index is 1.77. The van der Waals surface area contributed by atoms with Crippen LogP contribution >= 0.6 is 23.4 Å². The van der Waals surface area contributed by atoms with Crippen molar-refractivity contribution < 1.29 is 39.6 Å². The summed E-state index contributed by atoms with van der Waals surface area (Å²) in [5.41, 5.74) is -3.10. The SMILES string of the molecule is O=C(Cc1ccc(Cl)cc1)N=C1S[C@H]2CS(=O)(=O)C[C@@H]2N1c1cc(C(F)(F)F)cc(C(F)(F)F)c1. The standard InChI is InChI=1S/C21H15ClF6N2O3S2/c22-14-3-1-11(2-4-14)5-18(31)29-19-30(16-9-35(32,33)10-17(16)34-19)15-7-12(20(23,24)25)6-13(8-15)21(26,27)28/h1-4,6-8,16-17H,5,9-10H2/t16-,17-/m0/s1. The summed E-state index contributed by atoms with van der Waals surface area (Å²) in [5.74, 6) is -1.54. The van der Waals surface area contributed by atoms with Crippen molar-refractivity contribution in [2.45, 2.75) is 30.1 Å². The molecular formula is C21H15ClF6N2O3S2. The van der Waals surface area contributed by atoms with Crippen molar-refractivity contribution in [3.63, 3.8) is 0 Å². The fraction of sp³-hybridized carbons (Fsp3) is 0.333. The van der Waals surface area contributed by atoms with E-state index in [9.17, 15) is 39.6 Å². The summed E-state index contributed by atoms with van der Waals surface area (Å²) in [4.78, 5) is 17.5. The van der Waals surface area contributed by atoms with Crippen LogP contribution in [0.3, 0.4) is 0 Å². The van der Waals surface area contributed by atoms with Crippen molar-refractivity contribution in [2.75, 3.05) is 16.4 Å². The fourth-order valence-electron chi connectivity index (χ4n) is 3.87. The van der Waals surface area contributed by atoms with E-state index in [1.54, 1.807) is 24.3 Å². The average Bonchev–Trinajstić information content (AvgIpc) is 3.18. The lowest BCUT2D eigenvalue weighted by Gasteiger charge is -2.26. The van der Waals surface area contributed by atoms with Gasteiger partial charge >= 0.3 is 12.4 Å². The lowest BCUT2D eigenvalue weighted by Crippen LogP contribution is -2.38. The van der Waals surface area contributed by atoms with Crippen LogP contribution in [-0.4, -0.2) is 42.3 Å². The number of sulfone groups is 1. The topological polar surface area (TPSA) is 66.8 Å². The van der Waals surface area contributed by atoms with Crippen LogP contribution in [0, 0.1) is 0 Å². The molecule has 2 aromatic carbocycles. The number of carbonyl (C=O) groups is 1. The molecule has 0 bridgehead atoms. The molecule has 4 rings (SSSR count). The van der Waals surface area contributed by atoms with E-state index in [0.717, 1.165) is 16.7 Å². The molecule has 35 heavy (non-hydrogen) atoms. The van der Waals surface area contributed by atoms with E-state index in [4.69, 9.17) is 11.6 Å². The van der Waals surface area contributed by atoms with Crippen LogP contribution in [0.4, 0.5) is 32.0 Å². The molecule has 0 radical (unpaired) electrons. The van der Waals surface area contributed by atoms with Crippen molar-refractivity contribution >= 4 is 50.0 Å². The molecule has 2 aliphatic heterocycles. The van der Waals surface area contributed by atoms with Crippen LogP contribution in [0.15, 0.2) is 47.5 Å². The van der Waals surface area contributed by atoms with E-state index in [1.807, 2.05) is 0 Å². The quantitative estimate of drug-likeness (QED) is 0.485. The number of fused-ring (bicyclic) bond motifs is 1. The summed E-state index contributed by atoms with van der Waals surface area (Å²) in [6.07, 6.45) is -10.4. The van der Waals surface area contributed by atoms with Gasteiger partial charge < -0.3 is 4.90 Å². The smallest absolute Gasteiger partial charge is 0.316 e. The third-order valence-electron chi connectivity index (χ3n) is 5.41. The van der Waals surface area contributed by atoms with Gasteiger partial charge in [-0.25, -0.2) is 8.42 Å². The predicted octanol–water partition coefficient (Wildman–Crippen LogP) is 5.22. The second kappa shape index (κ2) is 9.00. The van der Waals surface area contributed by atoms with Crippen molar-refractivity contribution in [3.05, 3.63) is 64.2 Å². The van der Waals surface area contributed by atoms with Crippen LogP contribution in [-0.2, 0) is 33.4 Å². The summed E-state index contributed by atoms with van der Waals surface area (Å²) in [6.45, 7) is 0. The molecule has 0 aliphatic carbocycles. The molecule has 0 spiro atoms. The zero-order chi connectivity index (χ0) is 25.8. The molecule has 2 aliphatic rings. The number of amidine groups is 1. The van der Waals surface area contributed by atoms with Gasteiger partial charge in [-0.15, -0.1) is 0 Å². The van der Waals surface area contributed by atoms with Gasteiger partial charge in [0.15, 0.2) is 15.0 Å². The number of alkyl halides is 6. The molecule has 0 saturated carbocycles. The minimum Gasteiger partial charge on any atom is -0.316 e. The number of aliphatic imine (C=N–C) groups is 1. The number of hydrogen-bond acceptors (Lipinski definition) is 4. The molecule has 0 unspecified atom stereocenters. The zero-order valence-electron chi connectivity index (χ0n) is 17.4. The third-order valence-corrected chi connectivity index (χ3v) is 8.87. The first kappa shape index (κ1) is 25.8.